The van der Waals surface area contributed by atoms with E-state index in [-0.39, 0.29) is 24.0 Å². The molecule has 3 rings (SSSR count). The van der Waals surface area contributed by atoms with Gasteiger partial charge in [-0.3, -0.25) is 14.1 Å². The number of benzene rings is 1. The van der Waals surface area contributed by atoms with E-state index in [1.165, 1.54) is 11.1 Å². The molecule has 1 aliphatic heterocycles. The zero-order valence-electron chi connectivity index (χ0n) is 18.7. The lowest BCUT2D eigenvalue weighted by Gasteiger charge is -2.33. The topological polar surface area (TPSA) is 56.7 Å². The maximum absolute atomic E-state index is 12.2. The molecule has 0 aromatic heterocycles. The van der Waals surface area contributed by atoms with E-state index in [1.54, 1.807) is 0 Å². The molecular weight excluding hydrogens is 507 g/mol. The highest BCUT2D eigenvalue weighted by Crippen LogP contribution is 2.23. The van der Waals surface area contributed by atoms with Gasteiger partial charge in [-0.1, -0.05) is 37.6 Å². The summed E-state index contributed by atoms with van der Waals surface area (Å²) in [4.78, 5) is 7.44. The summed E-state index contributed by atoms with van der Waals surface area (Å²) in [5, 5.41) is 7.37. The Hall–Kier alpha value is -0.670. The fourth-order valence-electron chi connectivity index (χ4n) is 4.50. The van der Waals surface area contributed by atoms with E-state index >= 15 is 0 Å². The van der Waals surface area contributed by atoms with Crippen LogP contribution in [0.4, 0.5) is 0 Å². The number of guanidine groups is 1. The molecule has 0 saturated heterocycles. The van der Waals surface area contributed by atoms with Gasteiger partial charge in [0.05, 0.1) is 6.54 Å². The van der Waals surface area contributed by atoms with Gasteiger partial charge >= 0.3 is 0 Å². The Kier molecular flexibility index (Phi) is 11.1. The number of rotatable bonds is 7. The van der Waals surface area contributed by atoms with Crippen LogP contribution in [0.2, 0.25) is 0 Å². The summed E-state index contributed by atoms with van der Waals surface area (Å²) in [6.07, 6.45) is 5.50. The summed E-state index contributed by atoms with van der Waals surface area (Å²) in [6.45, 7) is 10.2. The highest BCUT2D eigenvalue weighted by Gasteiger charge is 2.26. The van der Waals surface area contributed by atoms with Gasteiger partial charge in [0.25, 0.3) is 0 Å². The standard InChI is InChI=1S/C23H38N4OS.HI/c1-4-24-23(26-21-11-8-12-22(15-21)29(28)5-2)25-16-18(3)27-14-13-19-9-6-7-10-20(19)17-27;/h6-7,9-10,18,21-22H,4-5,8,11-17H2,1-3H3,(H2,24,25,26);1H. The Bertz CT molecular complexity index is 714. The monoisotopic (exact) mass is 546 g/mol. The highest BCUT2D eigenvalue weighted by molar-refractivity contribution is 14.0. The molecule has 7 heteroatoms. The average Bonchev–Trinajstić information content (AvgIpc) is 2.76. The lowest BCUT2D eigenvalue weighted by Crippen LogP contribution is -2.47. The Balaban J connectivity index is 0.00000320. The van der Waals surface area contributed by atoms with Crippen molar-refractivity contribution in [1.82, 2.24) is 15.5 Å². The number of nitrogens with one attached hydrogen (secondary N) is 2. The maximum Gasteiger partial charge on any atom is 0.191 e. The van der Waals surface area contributed by atoms with Crippen molar-refractivity contribution >= 4 is 40.7 Å². The number of halogens is 1. The zero-order valence-corrected chi connectivity index (χ0v) is 21.9. The lowest BCUT2D eigenvalue weighted by molar-refractivity contribution is 0.195. The van der Waals surface area contributed by atoms with Crippen LogP contribution >= 0.6 is 24.0 Å². The number of aliphatic imine (C=N–C) groups is 1. The van der Waals surface area contributed by atoms with Gasteiger partial charge in [-0.25, -0.2) is 0 Å². The van der Waals surface area contributed by atoms with Crippen LogP contribution < -0.4 is 10.6 Å². The van der Waals surface area contributed by atoms with Gasteiger partial charge in [0, 0.05) is 53.5 Å². The van der Waals surface area contributed by atoms with Crippen LogP contribution in [0.15, 0.2) is 29.3 Å². The Morgan fingerprint density at radius 2 is 2.03 bits per heavy atom. The Labute approximate surface area is 202 Å². The normalized spacial score (nSPS) is 24.3. The van der Waals surface area contributed by atoms with Crippen LogP contribution in [0.3, 0.4) is 0 Å². The lowest BCUT2D eigenvalue weighted by atomic mass is 9.95. The molecule has 0 bridgehead atoms. The summed E-state index contributed by atoms with van der Waals surface area (Å²) in [7, 11) is -0.692. The molecule has 2 aliphatic rings. The summed E-state index contributed by atoms with van der Waals surface area (Å²) in [6, 6.07) is 9.57. The Morgan fingerprint density at radius 3 is 2.77 bits per heavy atom. The quantitative estimate of drug-likeness (QED) is 0.311. The van der Waals surface area contributed by atoms with Crippen LogP contribution in [-0.2, 0) is 23.8 Å². The molecular formula is C23H39IN4OS. The van der Waals surface area contributed by atoms with E-state index in [4.69, 9.17) is 4.99 Å². The molecule has 0 radical (unpaired) electrons. The van der Waals surface area contributed by atoms with Crippen LogP contribution in [-0.4, -0.2) is 57.8 Å². The van der Waals surface area contributed by atoms with E-state index in [0.717, 1.165) is 70.0 Å². The molecule has 1 heterocycles. The van der Waals surface area contributed by atoms with Gasteiger partial charge < -0.3 is 10.6 Å². The first-order valence-corrected chi connectivity index (χ1v) is 12.7. The van der Waals surface area contributed by atoms with E-state index < -0.39 is 10.8 Å². The van der Waals surface area contributed by atoms with Gasteiger partial charge in [-0.15, -0.1) is 24.0 Å². The second-order valence-electron chi connectivity index (χ2n) is 8.36. The third-order valence-electron chi connectivity index (χ3n) is 6.26. The third-order valence-corrected chi connectivity index (χ3v) is 8.01. The minimum atomic E-state index is -0.692. The first-order chi connectivity index (χ1) is 14.1. The van der Waals surface area contributed by atoms with E-state index in [1.807, 2.05) is 6.92 Å². The molecule has 170 valence electrons. The van der Waals surface area contributed by atoms with Gasteiger partial charge in [-0.05, 0) is 50.7 Å². The molecule has 2 N–H and O–H groups in total. The maximum atomic E-state index is 12.2. The zero-order chi connectivity index (χ0) is 20.6. The second kappa shape index (κ2) is 13.0. The predicted octanol–water partition coefficient (Wildman–Crippen LogP) is 3.69. The SMILES string of the molecule is CCNC(=NCC(C)N1CCc2ccccc2C1)NC1CCCC(S(=O)CC)C1.I. The third kappa shape index (κ3) is 7.19. The van der Waals surface area contributed by atoms with Gasteiger partial charge in [0.1, 0.15) is 0 Å². The molecule has 0 spiro atoms. The number of nitrogens with zero attached hydrogens (tertiary/aromatic N) is 2. The number of hydrogen-bond acceptors (Lipinski definition) is 3. The Morgan fingerprint density at radius 1 is 1.27 bits per heavy atom. The van der Waals surface area contributed by atoms with Crippen molar-refractivity contribution in [2.24, 2.45) is 4.99 Å². The largest absolute Gasteiger partial charge is 0.357 e. The summed E-state index contributed by atoms with van der Waals surface area (Å²) in [5.41, 5.74) is 2.95. The van der Waals surface area contributed by atoms with Crippen LogP contribution in [0, 0.1) is 0 Å². The molecule has 1 aromatic carbocycles. The highest BCUT2D eigenvalue weighted by atomic mass is 127. The molecule has 1 aliphatic carbocycles. The van der Waals surface area contributed by atoms with Crippen molar-refractivity contribution in [3.05, 3.63) is 35.4 Å². The minimum Gasteiger partial charge on any atom is -0.357 e. The predicted molar refractivity (Wildman–Crippen MR) is 139 cm³/mol. The average molecular weight is 547 g/mol. The van der Waals surface area contributed by atoms with E-state index in [0.29, 0.717) is 17.3 Å². The van der Waals surface area contributed by atoms with Crippen LogP contribution in [0.1, 0.15) is 57.6 Å². The molecule has 4 atom stereocenters. The van der Waals surface area contributed by atoms with Crippen molar-refractivity contribution < 1.29 is 4.21 Å². The van der Waals surface area contributed by atoms with Crippen LogP contribution in [0.25, 0.3) is 0 Å². The molecule has 1 fully saturated rings. The molecule has 1 aromatic rings. The minimum absolute atomic E-state index is 0. The first kappa shape index (κ1) is 25.6. The first-order valence-electron chi connectivity index (χ1n) is 11.3. The smallest absolute Gasteiger partial charge is 0.191 e. The van der Waals surface area contributed by atoms with Gasteiger partial charge in [0.15, 0.2) is 5.96 Å². The number of fused-ring (bicyclic) bond motifs is 1. The van der Waals surface area contributed by atoms with Gasteiger partial charge in [-0.2, -0.15) is 0 Å². The van der Waals surface area contributed by atoms with Crippen molar-refractivity contribution in [3.8, 4) is 0 Å². The molecule has 5 nitrogen and oxygen atoms in total. The van der Waals surface area contributed by atoms with Crippen molar-refractivity contribution in [2.75, 3.05) is 25.4 Å². The second-order valence-corrected chi connectivity index (χ2v) is 10.4. The van der Waals surface area contributed by atoms with Gasteiger partial charge in [0.2, 0.25) is 0 Å². The molecule has 4 unspecified atom stereocenters. The van der Waals surface area contributed by atoms with Crippen LogP contribution in [0.5, 0.6) is 0 Å². The van der Waals surface area contributed by atoms with Crippen molar-refractivity contribution in [1.29, 1.82) is 0 Å². The van der Waals surface area contributed by atoms with E-state index in [9.17, 15) is 4.21 Å². The van der Waals surface area contributed by atoms with Crippen molar-refractivity contribution in [2.45, 2.75) is 76.8 Å². The summed E-state index contributed by atoms with van der Waals surface area (Å²) >= 11 is 0. The summed E-state index contributed by atoms with van der Waals surface area (Å²) in [5.74, 6) is 1.67. The fourth-order valence-corrected chi connectivity index (χ4v) is 5.84. The van der Waals surface area contributed by atoms with E-state index in [2.05, 4.69) is 53.6 Å². The molecule has 30 heavy (non-hydrogen) atoms. The van der Waals surface area contributed by atoms with Crippen molar-refractivity contribution in [3.63, 3.8) is 0 Å². The number of hydrogen-bond donors (Lipinski definition) is 2. The molecule has 0 amide bonds. The molecule has 1 saturated carbocycles. The summed E-state index contributed by atoms with van der Waals surface area (Å²) < 4.78 is 12.2. The fraction of sp³-hybridized carbons (Fsp3) is 0.696.